The fraction of sp³-hybridized carbons (Fsp3) is 0.455. The highest BCUT2D eigenvalue weighted by Gasteiger charge is 2.16. The Bertz CT molecular complexity index is 316. The lowest BCUT2D eigenvalue weighted by Crippen LogP contribution is -2.32. The Morgan fingerprint density at radius 2 is 2.33 bits per heavy atom. The second-order valence-corrected chi connectivity index (χ2v) is 4.57. The second kappa shape index (κ2) is 5.75. The summed E-state index contributed by atoms with van der Waals surface area (Å²) in [5, 5.41) is 0.0127. The molecular formula is C11H16N2OS. The van der Waals surface area contributed by atoms with Crippen molar-refractivity contribution in [2.75, 3.05) is 13.3 Å². The Morgan fingerprint density at radius 3 is 2.87 bits per heavy atom. The van der Waals surface area contributed by atoms with Crippen molar-refractivity contribution >= 4 is 17.7 Å². The second-order valence-electron chi connectivity index (χ2n) is 3.39. The van der Waals surface area contributed by atoms with Crippen molar-refractivity contribution in [2.45, 2.75) is 18.7 Å². The Hall–Kier alpha value is -1.03. The molecule has 0 saturated heterocycles. The third-order valence-corrected chi connectivity index (χ3v) is 3.11. The average molecular weight is 224 g/mol. The van der Waals surface area contributed by atoms with Crippen LogP contribution in [0.3, 0.4) is 0 Å². The lowest BCUT2D eigenvalue weighted by molar-refractivity contribution is -0.129. The standard InChI is InChI=1S/C11H16N2OS/c1-9(15-3)11(14)13(2)8-10-6-4-5-7-12-10/h4-7,9H,8H2,1-3H3/t9-/m0/s1. The molecule has 0 radical (unpaired) electrons. The molecule has 1 amide bonds. The molecular weight excluding hydrogens is 208 g/mol. The summed E-state index contributed by atoms with van der Waals surface area (Å²) in [7, 11) is 1.81. The molecule has 15 heavy (non-hydrogen) atoms. The summed E-state index contributed by atoms with van der Waals surface area (Å²) >= 11 is 1.56. The Labute approximate surface area is 94.9 Å². The van der Waals surface area contributed by atoms with Crippen LogP contribution in [0.5, 0.6) is 0 Å². The molecule has 0 aliphatic rings. The number of pyridine rings is 1. The molecule has 0 fully saturated rings. The predicted octanol–water partition coefficient (Wildman–Crippen LogP) is 1.79. The zero-order chi connectivity index (χ0) is 11.3. The third-order valence-electron chi connectivity index (χ3n) is 2.20. The minimum absolute atomic E-state index is 0.0127. The van der Waals surface area contributed by atoms with Gasteiger partial charge in [-0.2, -0.15) is 11.8 Å². The Morgan fingerprint density at radius 1 is 1.60 bits per heavy atom. The van der Waals surface area contributed by atoms with E-state index in [0.29, 0.717) is 6.54 Å². The Balaban J connectivity index is 2.56. The van der Waals surface area contributed by atoms with Crippen molar-refractivity contribution in [1.29, 1.82) is 0 Å². The summed E-state index contributed by atoms with van der Waals surface area (Å²) in [5.74, 6) is 0.146. The summed E-state index contributed by atoms with van der Waals surface area (Å²) in [6.45, 7) is 2.49. The van der Waals surface area contributed by atoms with E-state index < -0.39 is 0 Å². The third kappa shape index (κ3) is 3.55. The van der Waals surface area contributed by atoms with E-state index in [1.54, 1.807) is 22.9 Å². The van der Waals surface area contributed by atoms with Crippen molar-refractivity contribution in [3.05, 3.63) is 30.1 Å². The lowest BCUT2D eigenvalue weighted by atomic mass is 10.3. The fourth-order valence-electron chi connectivity index (χ4n) is 1.22. The van der Waals surface area contributed by atoms with Crippen LogP contribution in [0.25, 0.3) is 0 Å². The first kappa shape index (κ1) is 12.0. The van der Waals surface area contributed by atoms with E-state index in [1.807, 2.05) is 38.4 Å². The van der Waals surface area contributed by atoms with Crippen molar-refractivity contribution < 1.29 is 4.79 Å². The smallest absolute Gasteiger partial charge is 0.235 e. The maximum absolute atomic E-state index is 11.8. The van der Waals surface area contributed by atoms with Gasteiger partial charge >= 0.3 is 0 Å². The van der Waals surface area contributed by atoms with Crippen LogP contribution in [0.4, 0.5) is 0 Å². The van der Waals surface area contributed by atoms with E-state index >= 15 is 0 Å². The summed E-state index contributed by atoms with van der Waals surface area (Å²) in [4.78, 5) is 17.7. The molecule has 0 saturated carbocycles. The minimum Gasteiger partial charge on any atom is -0.339 e. The van der Waals surface area contributed by atoms with Gasteiger partial charge < -0.3 is 4.90 Å². The zero-order valence-corrected chi connectivity index (χ0v) is 10.1. The van der Waals surface area contributed by atoms with Gasteiger partial charge in [0.25, 0.3) is 0 Å². The molecule has 82 valence electrons. The van der Waals surface area contributed by atoms with E-state index in [4.69, 9.17) is 0 Å². The number of carbonyl (C=O) groups excluding carboxylic acids is 1. The maximum atomic E-state index is 11.8. The molecule has 3 nitrogen and oxygen atoms in total. The van der Waals surface area contributed by atoms with E-state index in [2.05, 4.69) is 4.98 Å². The molecule has 0 N–H and O–H groups in total. The summed E-state index contributed by atoms with van der Waals surface area (Å²) in [6.07, 6.45) is 3.68. The first-order chi connectivity index (χ1) is 7.15. The topological polar surface area (TPSA) is 33.2 Å². The number of hydrogen-bond acceptors (Lipinski definition) is 3. The highest BCUT2D eigenvalue weighted by molar-refractivity contribution is 7.99. The number of carbonyl (C=O) groups is 1. The predicted molar refractivity (Wildman–Crippen MR) is 63.7 cm³/mol. The number of rotatable bonds is 4. The number of amides is 1. The zero-order valence-electron chi connectivity index (χ0n) is 9.30. The molecule has 0 unspecified atom stereocenters. The van der Waals surface area contributed by atoms with Crippen LogP contribution in [0.1, 0.15) is 12.6 Å². The molecule has 1 aromatic heterocycles. The van der Waals surface area contributed by atoms with Crippen molar-refractivity contribution in [1.82, 2.24) is 9.88 Å². The molecule has 1 aromatic rings. The van der Waals surface area contributed by atoms with Crippen molar-refractivity contribution in [3.8, 4) is 0 Å². The molecule has 1 rings (SSSR count). The van der Waals surface area contributed by atoms with Crippen LogP contribution >= 0.6 is 11.8 Å². The van der Waals surface area contributed by atoms with Crippen LogP contribution in [0.2, 0.25) is 0 Å². The summed E-state index contributed by atoms with van der Waals surface area (Å²) < 4.78 is 0. The normalized spacial score (nSPS) is 12.2. The van der Waals surface area contributed by atoms with E-state index in [0.717, 1.165) is 5.69 Å². The van der Waals surface area contributed by atoms with Crippen LogP contribution in [0, 0.1) is 0 Å². The molecule has 0 aliphatic carbocycles. The van der Waals surface area contributed by atoms with Gasteiger partial charge in [0.05, 0.1) is 17.5 Å². The van der Waals surface area contributed by atoms with Gasteiger partial charge in [-0.3, -0.25) is 9.78 Å². The molecule has 0 spiro atoms. The first-order valence-corrected chi connectivity index (χ1v) is 6.11. The first-order valence-electron chi connectivity index (χ1n) is 4.83. The Kier molecular flexibility index (Phi) is 4.62. The van der Waals surface area contributed by atoms with E-state index in [1.165, 1.54) is 0 Å². The molecule has 0 aliphatic heterocycles. The van der Waals surface area contributed by atoms with E-state index in [-0.39, 0.29) is 11.2 Å². The molecule has 1 heterocycles. The number of nitrogens with zero attached hydrogens (tertiary/aromatic N) is 2. The molecule has 0 bridgehead atoms. The largest absolute Gasteiger partial charge is 0.339 e. The highest BCUT2D eigenvalue weighted by atomic mass is 32.2. The summed E-state index contributed by atoms with van der Waals surface area (Å²) in [6, 6.07) is 5.72. The molecule has 4 heteroatoms. The van der Waals surface area contributed by atoms with Gasteiger partial charge in [0.2, 0.25) is 5.91 Å². The SMILES string of the molecule is CS[C@@H](C)C(=O)N(C)Cc1ccccn1. The van der Waals surface area contributed by atoms with E-state index in [9.17, 15) is 4.79 Å². The van der Waals surface area contributed by atoms with Gasteiger partial charge in [-0.25, -0.2) is 0 Å². The van der Waals surface area contributed by atoms with Crippen LogP contribution in [-0.4, -0.2) is 34.3 Å². The van der Waals surface area contributed by atoms with Gasteiger partial charge in [0, 0.05) is 13.2 Å². The van der Waals surface area contributed by atoms with Crippen LogP contribution < -0.4 is 0 Å². The maximum Gasteiger partial charge on any atom is 0.235 e. The van der Waals surface area contributed by atoms with Crippen LogP contribution in [0.15, 0.2) is 24.4 Å². The fourth-order valence-corrected chi connectivity index (χ4v) is 1.61. The highest BCUT2D eigenvalue weighted by Crippen LogP contribution is 2.09. The average Bonchev–Trinajstić information content (AvgIpc) is 2.28. The number of aromatic nitrogens is 1. The molecule has 1 atom stereocenters. The van der Waals surface area contributed by atoms with Gasteiger partial charge in [0.1, 0.15) is 0 Å². The lowest BCUT2D eigenvalue weighted by Gasteiger charge is -2.19. The number of thioether (sulfide) groups is 1. The van der Waals surface area contributed by atoms with Gasteiger partial charge in [-0.1, -0.05) is 6.07 Å². The van der Waals surface area contributed by atoms with Gasteiger partial charge in [0.15, 0.2) is 0 Å². The monoisotopic (exact) mass is 224 g/mol. The summed E-state index contributed by atoms with van der Waals surface area (Å²) in [5.41, 5.74) is 0.918. The van der Waals surface area contributed by atoms with Crippen molar-refractivity contribution in [2.24, 2.45) is 0 Å². The minimum atomic E-state index is 0.0127. The quantitative estimate of drug-likeness (QED) is 0.782. The number of hydrogen-bond donors (Lipinski definition) is 0. The van der Waals surface area contributed by atoms with Crippen molar-refractivity contribution in [3.63, 3.8) is 0 Å². The van der Waals surface area contributed by atoms with Gasteiger partial charge in [-0.15, -0.1) is 0 Å². The molecule has 0 aromatic carbocycles. The van der Waals surface area contributed by atoms with Gasteiger partial charge in [-0.05, 0) is 25.3 Å². The van der Waals surface area contributed by atoms with Crippen LogP contribution in [-0.2, 0) is 11.3 Å².